The lowest BCUT2D eigenvalue weighted by Crippen LogP contribution is -2.57. The van der Waals surface area contributed by atoms with E-state index in [1.807, 2.05) is 0 Å². The molecule has 19 heavy (non-hydrogen) atoms. The highest BCUT2D eigenvalue weighted by Crippen LogP contribution is 2.33. The van der Waals surface area contributed by atoms with Crippen LogP contribution in [0.3, 0.4) is 0 Å². The third-order valence-electron chi connectivity index (χ3n) is 4.97. The van der Waals surface area contributed by atoms with Gasteiger partial charge in [0.15, 0.2) is 0 Å². The molecule has 3 heteroatoms. The van der Waals surface area contributed by atoms with Crippen LogP contribution in [0.15, 0.2) is 0 Å². The first-order valence-corrected chi connectivity index (χ1v) is 8.02. The second-order valence-electron chi connectivity index (χ2n) is 7.76. The van der Waals surface area contributed by atoms with E-state index >= 15 is 0 Å². The first-order chi connectivity index (χ1) is 8.87. The molecule has 112 valence electrons. The summed E-state index contributed by atoms with van der Waals surface area (Å²) in [6.07, 6.45) is 5.55. The molecular formula is C16H33N3. The Kier molecular flexibility index (Phi) is 4.91. The standard InChI is InChI=1S/C16H33N3/c1-16(2,3)17-11-13-8-9-15(13)19(5)14-7-6-10-18(4)12-14/h13-15,17H,6-12H2,1-5H3. The van der Waals surface area contributed by atoms with E-state index in [9.17, 15) is 0 Å². The van der Waals surface area contributed by atoms with Gasteiger partial charge in [-0.15, -0.1) is 0 Å². The van der Waals surface area contributed by atoms with Crippen molar-refractivity contribution in [2.45, 2.75) is 64.1 Å². The molecule has 0 radical (unpaired) electrons. The molecule has 1 aliphatic heterocycles. The molecule has 0 aromatic carbocycles. The Bertz CT molecular complexity index is 284. The Hall–Kier alpha value is -0.120. The summed E-state index contributed by atoms with van der Waals surface area (Å²) in [7, 11) is 4.62. The van der Waals surface area contributed by atoms with E-state index in [2.05, 4.69) is 50.0 Å². The molecule has 1 aliphatic carbocycles. The zero-order valence-electron chi connectivity index (χ0n) is 13.6. The fourth-order valence-electron chi connectivity index (χ4n) is 3.51. The van der Waals surface area contributed by atoms with Gasteiger partial charge in [-0.3, -0.25) is 4.90 Å². The number of rotatable bonds is 4. The summed E-state index contributed by atoms with van der Waals surface area (Å²) in [5, 5.41) is 3.68. The summed E-state index contributed by atoms with van der Waals surface area (Å²) in [6, 6.07) is 1.59. The van der Waals surface area contributed by atoms with Crippen LogP contribution in [0.2, 0.25) is 0 Å². The Balaban J connectivity index is 1.80. The Labute approximate surface area is 119 Å². The molecule has 0 bridgehead atoms. The third kappa shape index (κ3) is 4.17. The van der Waals surface area contributed by atoms with Crippen LogP contribution < -0.4 is 5.32 Å². The van der Waals surface area contributed by atoms with Gasteiger partial charge in [0.2, 0.25) is 0 Å². The summed E-state index contributed by atoms with van der Waals surface area (Å²) in [5.41, 5.74) is 0.254. The van der Waals surface area contributed by atoms with E-state index in [0.29, 0.717) is 0 Å². The summed E-state index contributed by atoms with van der Waals surface area (Å²) >= 11 is 0. The zero-order chi connectivity index (χ0) is 14.0. The lowest BCUT2D eigenvalue weighted by molar-refractivity contribution is 0.0206. The predicted octanol–water partition coefficient (Wildman–Crippen LogP) is 2.18. The molecule has 0 amide bonds. The van der Waals surface area contributed by atoms with Crippen LogP contribution in [-0.2, 0) is 0 Å². The second-order valence-corrected chi connectivity index (χ2v) is 7.76. The van der Waals surface area contributed by atoms with Gasteiger partial charge in [0, 0.05) is 24.2 Å². The summed E-state index contributed by atoms with van der Waals surface area (Å²) < 4.78 is 0. The van der Waals surface area contributed by atoms with Gasteiger partial charge in [0.05, 0.1) is 0 Å². The van der Waals surface area contributed by atoms with E-state index in [-0.39, 0.29) is 5.54 Å². The van der Waals surface area contributed by atoms with Crippen molar-refractivity contribution < 1.29 is 0 Å². The summed E-state index contributed by atoms with van der Waals surface area (Å²) in [5.74, 6) is 0.858. The van der Waals surface area contributed by atoms with Gasteiger partial charge in [-0.1, -0.05) is 0 Å². The molecule has 0 aromatic heterocycles. The topological polar surface area (TPSA) is 18.5 Å². The number of likely N-dealkylation sites (N-methyl/N-ethyl adjacent to an activating group) is 2. The third-order valence-corrected chi connectivity index (χ3v) is 4.97. The molecule has 1 saturated heterocycles. The van der Waals surface area contributed by atoms with Gasteiger partial charge in [-0.2, -0.15) is 0 Å². The fourth-order valence-corrected chi connectivity index (χ4v) is 3.51. The molecule has 0 spiro atoms. The maximum atomic E-state index is 3.68. The molecule has 3 atom stereocenters. The van der Waals surface area contributed by atoms with E-state index < -0.39 is 0 Å². The van der Waals surface area contributed by atoms with Crippen LogP contribution in [0.4, 0.5) is 0 Å². The van der Waals surface area contributed by atoms with Gasteiger partial charge >= 0.3 is 0 Å². The van der Waals surface area contributed by atoms with Crippen LogP contribution in [0.1, 0.15) is 46.5 Å². The van der Waals surface area contributed by atoms with Crippen LogP contribution in [0.25, 0.3) is 0 Å². The number of piperidine rings is 1. The monoisotopic (exact) mass is 267 g/mol. The van der Waals surface area contributed by atoms with Crippen LogP contribution in [-0.4, -0.2) is 61.2 Å². The predicted molar refractivity (Wildman–Crippen MR) is 82.5 cm³/mol. The summed E-state index contributed by atoms with van der Waals surface area (Å²) in [6.45, 7) is 10.5. The molecule has 2 fully saturated rings. The van der Waals surface area contributed by atoms with Gasteiger partial charge in [0.1, 0.15) is 0 Å². The highest BCUT2D eigenvalue weighted by Gasteiger charge is 2.37. The van der Waals surface area contributed by atoms with E-state index in [0.717, 1.165) is 18.0 Å². The Morgan fingerprint density at radius 2 is 1.95 bits per heavy atom. The molecule has 1 heterocycles. The van der Waals surface area contributed by atoms with Crippen molar-refractivity contribution in [3.05, 3.63) is 0 Å². The molecule has 0 aromatic rings. The number of nitrogens with one attached hydrogen (secondary N) is 1. The van der Waals surface area contributed by atoms with Gasteiger partial charge in [-0.25, -0.2) is 0 Å². The molecular weight excluding hydrogens is 234 g/mol. The number of likely N-dealkylation sites (tertiary alicyclic amines) is 1. The first kappa shape index (κ1) is 15.3. The maximum absolute atomic E-state index is 3.68. The molecule has 1 N–H and O–H groups in total. The minimum atomic E-state index is 0.254. The van der Waals surface area contributed by atoms with E-state index in [4.69, 9.17) is 0 Å². The molecule has 2 aliphatic rings. The highest BCUT2D eigenvalue weighted by molar-refractivity contribution is 4.93. The lowest BCUT2D eigenvalue weighted by Gasteiger charge is -2.48. The lowest BCUT2D eigenvalue weighted by atomic mass is 9.77. The van der Waals surface area contributed by atoms with Crippen LogP contribution in [0.5, 0.6) is 0 Å². The fraction of sp³-hybridized carbons (Fsp3) is 1.00. The average molecular weight is 267 g/mol. The van der Waals surface area contributed by atoms with Crippen molar-refractivity contribution >= 4 is 0 Å². The Morgan fingerprint density at radius 1 is 1.21 bits per heavy atom. The van der Waals surface area contributed by atoms with Crippen LogP contribution >= 0.6 is 0 Å². The minimum absolute atomic E-state index is 0.254. The molecule has 1 saturated carbocycles. The van der Waals surface area contributed by atoms with E-state index in [1.165, 1.54) is 45.3 Å². The van der Waals surface area contributed by atoms with Crippen LogP contribution in [0, 0.1) is 5.92 Å². The minimum Gasteiger partial charge on any atom is -0.312 e. The first-order valence-electron chi connectivity index (χ1n) is 8.02. The van der Waals surface area contributed by atoms with E-state index in [1.54, 1.807) is 0 Å². The second kappa shape index (κ2) is 6.11. The Morgan fingerprint density at radius 3 is 2.47 bits per heavy atom. The number of hydrogen-bond acceptors (Lipinski definition) is 3. The largest absolute Gasteiger partial charge is 0.312 e. The quantitative estimate of drug-likeness (QED) is 0.842. The van der Waals surface area contributed by atoms with Crippen molar-refractivity contribution in [3.8, 4) is 0 Å². The van der Waals surface area contributed by atoms with Gasteiger partial charge in [-0.05, 0) is 79.6 Å². The van der Waals surface area contributed by atoms with Crippen molar-refractivity contribution in [1.29, 1.82) is 0 Å². The van der Waals surface area contributed by atoms with Crippen molar-refractivity contribution in [3.63, 3.8) is 0 Å². The molecule has 2 rings (SSSR count). The van der Waals surface area contributed by atoms with Crippen molar-refractivity contribution in [1.82, 2.24) is 15.1 Å². The smallest absolute Gasteiger partial charge is 0.0223 e. The average Bonchev–Trinajstić information content (AvgIpc) is 2.26. The highest BCUT2D eigenvalue weighted by atomic mass is 15.2. The number of hydrogen-bond donors (Lipinski definition) is 1. The molecule has 3 nitrogen and oxygen atoms in total. The normalized spacial score (nSPS) is 33.5. The SMILES string of the molecule is CN1CCCC(N(C)C2CCC2CNC(C)(C)C)C1. The number of nitrogens with zero attached hydrogens (tertiary/aromatic N) is 2. The zero-order valence-corrected chi connectivity index (χ0v) is 13.6. The van der Waals surface area contributed by atoms with Crippen molar-refractivity contribution in [2.75, 3.05) is 33.7 Å². The van der Waals surface area contributed by atoms with Crippen molar-refractivity contribution in [2.24, 2.45) is 5.92 Å². The summed E-state index contributed by atoms with van der Waals surface area (Å²) in [4.78, 5) is 5.18. The maximum Gasteiger partial charge on any atom is 0.0223 e. The van der Waals surface area contributed by atoms with Gasteiger partial charge in [0.25, 0.3) is 0 Å². The molecule has 3 unspecified atom stereocenters. The van der Waals surface area contributed by atoms with Gasteiger partial charge < -0.3 is 10.2 Å².